The lowest BCUT2D eigenvalue weighted by Crippen LogP contribution is -2.47. The fraction of sp³-hybridized carbons (Fsp3) is 0.389. The van der Waals surface area contributed by atoms with E-state index in [-0.39, 0.29) is 36.8 Å². The first-order valence-corrected chi connectivity index (χ1v) is 11.1. The Balaban J connectivity index is 1.49. The molecule has 1 fully saturated rings. The van der Waals surface area contributed by atoms with Gasteiger partial charge in [-0.1, -0.05) is 0 Å². The first-order chi connectivity index (χ1) is 15.3. The summed E-state index contributed by atoms with van der Waals surface area (Å²) in [6.45, 7) is 0.833. The van der Waals surface area contributed by atoms with E-state index in [1.54, 1.807) is 18.7 Å². The molecule has 1 saturated heterocycles. The molecule has 1 aromatic heterocycles. The van der Waals surface area contributed by atoms with Crippen molar-refractivity contribution < 1.29 is 27.7 Å². The predicted molar refractivity (Wildman–Crippen MR) is 110 cm³/mol. The molecule has 1 aliphatic heterocycles. The minimum Gasteiger partial charge on any atom is -0.359 e. The summed E-state index contributed by atoms with van der Waals surface area (Å²) in [5, 5.41) is 15.6. The number of sulfonamides is 1. The smallest absolute Gasteiger partial charge is 0.309 e. The molecule has 2 N–H and O–H groups in total. The summed E-state index contributed by atoms with van der Waals surface area (Å²) in [5.41, 5.74) is -0.235. The summed E-state index contributed by atoms with van der Waals surface area (Å²) in [6.07, 6.45) is 4.66. The van der Waals surface area contributed by atoms with Crippen LogP contribution in [-0.4, -0.2) is 71.5 Å². The largest absolute Gasteiger partial charge is 0.359 e. The molecule has 1 aromatic carbocycles. The summed E-state index contributed by atoms with van der Waals surface area (Å²) < 4.78 is 34.0. The number of hydrogen-bond donors (Lipinski definition) is 2. The van der Waals surface area contributed by atoms with E-state index in [4.69, 9.17) is 4.74 Å². The maximum absolute atomic E-state index is 12.9. The highest BCUT2D eigenvalue weighted by atomic mass is 32.2. The maximum Gasteiger partial charge on any atom is 0.309 e. The molecule has 2 aromatic rings. The third kappa shape index (κ3) is 5.66. The molecule has 32 heavy (non-hydrogen) atoms. The van der Waals surface area contributed by atoms with E-state index in [2.05, 4.69) is 15.6 Å². The number of imidazole rings is 1. The highest BCUT2D eigenvalue weighted by molar-refractivity contribution is 7.89. The molecule has 1 aliphatic rings. The van der Waals surface area contributed by atoms with Crippen molar-refractivity contribution in [3.05, 3.63) is 53.1 Å². The Morgan fingerprint density at radius 1 is 1.22 bits per heavy atom. The number of aromatic nitrogens is 2. The van der Waals surface area contributed by atoms with Gasteiger partial charge in [-0.15, -0.1) is 0 Å². The number of hydrogen-bond acceptors (Lipinski definition) is 8. The minimum atomic E-state index is -4.01. The van der Waals surface area contributed by atoms with Gasteiger partial charge >= 0.3 is 11.8 Å². The molecule has 1 unspecified atom stereocenters. The predicted octanol–water partition coefficient (Wildman–Crippen LogP) is -0.539. The van der Waals surface area contributed by atoms with Gasteiger partial charge in [0.15, 0.2) is 0 Å². The average Bonchev–Trinajstić information content (AvgIpc) is 3.47. The summed E-state index contributed by atoms with van der Waals surface area (Å²) in [6, 6.07) is 4.47. The Labute approximate surface area is 183 Å². The van der Waals surface area contributed by atoms with Gasteiger partial charge in [-0.3, -0.25) is 19.7 Å². The molecule has 13 nitrogen and oxygen atoms in total. The normalized spacial score (nSPS) is 16.6. The number of amides is 2. The first-order valence-electron chi connectivity index (χ1n) is 9.68. The Hall–Kier alpha value is -3.36. The molecule has 0 saturated carbocycles. The summed E-state index contributed by atoms with van der Waals surface area (Å²) in [5.74, 6) is -1.74. The molecule has 14 heteroatoms. The van der Waals surface area contributed by atoms with Crippen LogP contribution in [0, 0.1) is 10.1 Å². The van der Waals surface area contributed by atoms with Crippen molar-refractivity contribution >= 4 is 27.5 Å². The number of non-ortho nitro benzene ring substituents is 1. The molecule has 2 amide bonds. The van der Waals surface area contributed by atoms with E-state index in [9.17, 15) is 28.1 Å². The van der Waals surface area contributed by atoms with Crippen LogP contribution in [0.1, 0.15) is 6.42 Å². The second kappa shape index (κ2) is 10.3. The van der Waals surface area contributed by atoms with Crippen molar-refractivity contribution in [2.45, 2.75) is 24.1 Å². The third-order valence-electron chi connectivity index (χ3n) is 4.68. The number of nitrogens with one attached hydrogen (secondary N) is 2. The molecule has 0 radical (unpaired) electrons. The molecule has 0 bridgehead atoms. The second-order valence-electron chi connectivity index (χ2n) is 6.81. The van der Waals surface area contributed by atoms with Gasteiger partial charge in [0.2, 0.25) is 10.0 Å². The molecule has 2 heterocycles. The van der Waals surface area contributed by atoms with Crippen molar-refractivity contribution in [1.82, 2.24) is 24.5 Å². The van der Waals surface area contributed by atoms with Gasteiger partial charge in [-0.05, 0) is 18.6 Å². The number of benzene rings is 1. The molecule has 172 valence electrons. The zero-order valence-corrected chi connectivity index (χ0v) is 17.7. The topological polar surface area (TPSA) is 166 Å². The van der Waals surface area contributed by atoms with Crippen LogP contribution in [0.25, 0.3) is 0 Å². The number of nitro groups is 1. The number of ether oxygens (including phenoxy) is 1. The van der Waals surface area contributed by atoms with Crippen LogP contribution in [0.2, 0.25) is 0 Å². The highest BCUT2D eigenvalue weighted by Gasteiger charge is 2.36. The third-order valence-corrected chi connectivity index (χ3v) is 6.58. The average molecular weight is 466 g/mol. The summed E-state index contributed by atoms with van der Waals surface area (Å²) >= 11 is 0. The minimum absolute atomic E-state index is 0.0420. The number of nitro benzene ring substituents is 1. The highest BCUT2D eigenvalue weighted by Crippen LogP contribution is 2.23. The van der Waals surface area contributed by atoms with Crippen molar-refractivity contribution in [1.29, 1.82) is 0 Å². The van der Waals surface area contributed by atoms with Crippen LogP contribution < -0.4 is 10.6 Å². The SMILES string of the molecule is O=C(NCCCn1ccnc1)C(=O)NCC1OCCN1S(=O)(=O)c1ccc([N+](=O)[O-])cc1. The molecule has 3 rings (SSSR count). The van der Waals surface area contributed by atoms with Crippen LogP contribution in [0.3, 0.4) is 0 Å². The Bertz CT molecular complexity index is 1060. The fourth-order valence-corrected chi connectivity index (χ4v) is 4.55. The van der Waals surface area contributed by atoms with Crippen molar-refractivity contribution in [2.75, 3.05) is 26.2 Å². The molecule has 0 aliphatic carbocycles. The van der Waals surface area contributed by atoms with Crippen LogP contribution in [0.15, 0.2) is 47.9 Å². The van der Waals surface area contributed by atoms with Gasteiger partial charge in [0.05, 0.1) is 29.3 Å². The number of carbonyl (C=O) groups excluding carboxylic acids is 2. The quantitative estimate of drug-likeness (QED) is 0.215. The van der Waals surface area contributed by atoms with Crippen molar-refractivity contribution in [2.24, 2.45) is 0 Å². The number of aryl methyl sites for hydroxylation is 1. The van der Waals surface area contributed by atoms with Crippen LogP contribution in [0.5, 0.6) is 0 Å². The summed E-state index contributed by atoms with van der Waals surface area (Å²) in [4.78, 5) is 37.8. The Kier molecular flexibility index (Phi) is 7.50. The molecular formula is C18H22N6O7S. The van der Waals surface area contributed by atoms with Gasteiger partial charge in [0.1, 0.15) is 6.23 Å². The van der Waals surface area contributed by atoms with Crippen molar-refractivity contribution in [3.63, 3.8) is 0 Å². The van der Waals surface area contributed by atoms with E-state index in [0.717, 1.165) is 28.6 Å². The molecule has 1 atom stereocenters. The standard InChI is InChI=1S/C18H22N6O7S/c25-17(20-6-1-8-22-9-7-19-13-22)18(26)21-12-16-23(10-11-31-16)32(29,30)15-4-2-14(3-5-15)24(27)28/h2-5,7,9,13,16H,1,6,8,10-12H2,(H,20,25)(H,21,26). The number of nitrogens with zero attached hydrogens (tertiary/aromatic N) is 4. The van der Waals surface area contributed by atoms with Crippen LogP contribution in [-0.2, 0) is 30.9 Å². The van der Waals surface area contributed by atoms with Gasteiger partial charge in [-0.2, -0.15) is 4.31 Å². The van der Waals surface area contributed by atoms with E-state index < -0.39 is 33.0 Å². The van der Waals surface area contributed by atoms with Crippen molar-refractivity contribution in [3.8, 4) is 0 Å². The van der Waals surface area contributed by atoms with Gasteiger partial charge in [0.25, 0.3) is 5.69 Å². The van der Waals surface area contributed by atoms with Crippen LogP contribution >= 0.6 is 0 Å². The zero-order chi connectivity index (χ0) is 23.1. The van der Waals surface area contributed by atoms with E-state index in [1.807, 2.05) is 4.57 Å². The Morgan fingerprint density at radius 2 is 1.94 bits per heavy atom. The number of rotatable bonds is 9. The van der Waals surface area contributed by atoms with Gasteiger partial charge in [-0.25, -0.2) is 13.4 Å². The molecule has 0 spiro atoms. The summed E-state index contributed by atoms with van der Waals surface area (Å²) in [7, 11) is -4.01. The zero-order valence-electron chi connectivity index (χ0n) is 16.9. The monoisotopic (exact) mass is 466 g/mol. The van der Waals surface area contributed by atoms with Crippen LogP contribution in [0.4, 0.5) is 5.69 Å². The second-order valence-corrected chi connectivity index (χ2v) is 8.70. The fourth-order valence-electron chi connectivity index (χ4n) is 3.04. The first kappa shape index (κ1) is 23.3. The maximum atomic E-state index is 12.9. The van der Waals surface area contributed by atoms with Gasteiger partial charge < -0.3 is 19.9 Å². The number of carbonyl (C=O) groups is 2. The van der Waals surface area contributed by atoms with E-state index in [0.29, 0.717) is 13.0 Å². The van der Waals surface area contributed by atoms with E-state index >= 15 is 0 Å². The van der Waals surface area contributed by atoms with Gasteiger partial charge in [0, 0.05) is 44.2 Å². The van der Waals surface area contributed by atoms with E-state index in [1.165, 1.54) is 0 Å². The Morgan fingerprint density at radius 3 is 2.59 bits per heavy atom. The lowest BCUT2D eigenvalue weighted by atomic mass is 10.3. The molecular weight excluding hydrogens is 444 g/mol. The lowest BCUT2D eigenvalue weighted by molar-refractivity contribution is -0.384. The lowest BCUT2D eigenvalue weighted by Gasteiger charge is -2.22.